The number of benzene rings is 4. The third-order valence-electron chi connectivity index (χ3n) is 6.39. The van der Waals surface area contributed by atoms with E-state index in [9.17, 15) is 4.79 Å². The Kier molecular flexibility index (Phi) is 7.74. The second kappa shape index (κ2) is 11.7. The predicted octanol–water partition coefficient (Wildman–Crippen LogP) is 7.46. The lowest BCUT2D eigenvalue weighted by Gasteiger charge is -2.35. The Labute approximate surface area is 222 Å². The SMILES string of the molecule is O=C(N[C@H]1C[C@@H](c2cccc(Cl)c2)Nc2c(CC#Cc3ccccc3)cccc21)OCc1ccccc1. The van der Waals surface area contributed by atoms with Gasteiger partial charge in [-0.05, 0) is 52.9 Å². The highest BCUT2D eigenvalue weighted by atomic mass is 35.5. The minimum absolute atomic E-state index is 0.0335. The van der Waals surface area contributed by atoms with Gasteiger partial charge in [-0.1, -0.05) is 102 Å². The Balaban J connectivity index is 1.40. The Bertz CT molecular complexity index is 1430. The summed E-state index contributed by atoms with van der Waals surface area (Å²) >= 11 is 6.31. The van der Waals surface area contributed by atoms with Gasteiger partial charge in [-0.15, -0.1) is 0 Å². The molecule has 4 aromatic carbocycles. The highest BCUT2D eigenvalue weighted by Crippen LogP contribution is 2.41. The molecular formula is C32H27ClN2O2. The molecule has 2 atom stereocenters. The van der Waals surface area contributed by atoms with Crippen LogP contribution in [0.2, 0.25) is 5.02 Å². The van der Waals surface area contributed by atoms with Gasteiger partial charge in [0.25, 0.3) is 0 Å². The summed E-state index contributed by atoms with van der Waals surface area (Å²) < 4.78 is 5.54. The lowest BCUT2D eigenvalue weighted by Crippen LogP contribution is -2.35. The number of carbonyl (C=O) groups excluding carboxylic acids is 1. The Morgan fingerprint density at radius 1 is 0.946 bits per heavy atom. The highest BCUT2D eigenvalue weighted by Gasteiger charge is 2.30. The Morgan fingerprint density at radius 2 is 1.70 bits per heavy atom. The van der Waals surface area contributed by atoms with E-state index < -0.39 is 6.09 Å². The standard InChI is InChI=1S/C32H27ClN2O2/c33-27-18-8-17-26(20-27)29-21-30(35-32(36)37-22-24-12-5-2-6-13-24)28-19-9-16-25(31(28)34-29)15-7-14-23-10-3-1-4-11-23/h1-6,8-13,16-20,29-30,34H,15,21-22H2,(H,35,36)/t29-,30-/m0/s1. The van der Waals surface area contributed by atoms with Crippen molar-refractivity contribution in [3.8, 4) is 11.8 Å². The Hall–Kier alpha value is -4.20. The van der Waals surface area contributed by atoms with Crippen LogP contribution in [0.5, 0.6) is 0 Å². The molecule has 2 N–H and O–H groups in total. The van der Waals surface area contributed by atoms with Crippen LogP contribution in [0.3, 0.4) is 0 Å². The summed E-state index contributed by atoms with van der Waals surface area (Å²) in [7, 11) is 0. The maximum atomic E-state index is 12.8. The van der Waals surface area contributed by atoms with E-state index in [2.05, 4.69) is 34.6 Å². The number of hydrogen-bond donors (Lipinski definition) is 2. The van der Waals surface area contributed by atoms with Gasteiger partial charge in [0.1, 0.15) is 6.61 Å². The summed E-state index contributed by atoms with van der Waals surface area (Å²) in [5, 5.41) is 7.48. The molecule has 0 bridgehead atoms. The number of fused-ring (bicyclic) bond motifs is 1. The zero-order valence-corrected chi connectivity index (χ0v) is 21.0. The summed E-state index contributed by atoms with van der Waals surface area (Å²) in [6, 6.07) is 33.3. The van der Waals surface area contributed by atoms with Gasteiger partial charge in [0.2, 0.25) is 0 Å². The topological polar surface area (TPSA) is 50.4 Å². The van der Waals surface area contributed by atoms with Crippen LogP contribution in [-0.4, -0.2) is 6.09 Å². The summed E-state index contributed by atoms with van der Waals surface area (Å²) in [4.78, 5) is 12.8. The van der Waals surface area contributed by atoms with E-state index in [0.29, 0.717) is 17.9 Å². The van der Waals surface area contributed by atoms with Crippen molar-refractivity contribution in [2.24, 2.45) is 0 Å². The summed E-state index contributed by atoms with van der Waals surface area (Å²) in [5.41, 5.74) is 6.09. The molecule has 4 aromatic rings. The summed E-state index contributed by atoms with van der Waals surface area (Å²) in [6.07, 6.45) is 0.798. The molecule has 0 fully saturated rings. The first kappa shape index (κ1) is 24.5. The van der Waals surface area contributed by atoms with Crippen LogP contribution >= 0.6 is 11.6 Å². The molecule has 184 valence electrons. The molecule has 37 heavy (non-hydrogen) atoms. The molecule has 0 unspecified atom stereocenters. The van der Waals surface area contributed by atoms with Gasteiger partial charge in [-0.2, -0.15) is 0 Å². The second-order valence-electron chi connectivity index (χ2n) is 8.97. The maximum absolute atomic E-state index is 12.8. The average Bonchev–Trinajstić information content (AvgIpc) is 2.93. The molecule has 0 saturated heterocycles. The fourth-order valence-electron chi connectivity index (χ4n) is 4.58. The fourth-order valence-corrected chi connectivity index (χ4v) is 4.78. The van der Waals surface area contributed by atoms with E-state index in [0.717, 1.165) is 33.5 Å². The third kappa shape index (κ3) is 6.33. The molecule has 4 nitrogen and oxygen atoms in total. The van der Waals surface area contributed by atoms with Crippen molar-refractivity contribution in [3.05, 3.63) is 136 Å². The molecule has 5 heteroatoms. The zero-order valence-electron chi connectivity index (χ0n) is 20.3. The molecular weight excluding hydrogens is 480 g/mol. The van der Waals surface area contributed by atoms with Gasteiger partial charge >= 0.3 is 6.09 Å². The highest BCUT2D eigenvalue weighted by molar-refractivity contribution is 6.30. The first-order valence-electron chi connectivity index (χ1n) is 12.3. The van der Waals surface area contributed by atoms with Crippen molar-refractivity contribution in [3.63, 3.8) is 0 Å². The number of amides is 1. The van der Waals surface area contributed by atoms with Gasteiger partial charge in [-0.25, -0.2) is 4.79 Å². The minimum atomic E-state index is -0.444. The van der Waals surface area contributed by atoms with E-state index >= 15 is 0 Å². The Morgan fingerprint density at radius 3 is 2.49 bits per heavy atom. The molecule has 1 aliphatic rings. The van der Waals surface area contributed by atoms with Crippen molar-refractivity contribution in [1.29, 1.82) is 0 Å². The zero-order chi connectivity index (χ0) is 25.5. The molecule has 0 aromatic heterocycles. The van der Waals surface area contributed by atoms with Crippen molar-refractivity contribution < 1.29 is 9.53 Å². The quantitative estimate of drug-likeness (QED) is 0.276. The van der Waals surface area contributed by atoms with E-state index in [1.165, 1.54) is 0 Å². The first-order valence-corrected chi connectivity index (χ1v) is 12.7. The number of ether oxygens (including phenoxy) is 1. The second-order valence-corrected chi connectivity index (χ2v) is 9.41. The molecule has 1 amide bonds. The number of nitrogens with one attached hydrogen (secondary N) is 2. The van der Waals surface area contributed by atoms with Crippen LogP contribution in [0.25, 0.3) is 0 Å². The van der Waals surface area contributed by atoms with E-state index in [4.69, 9.17) is 16.3 Å². The van der Waals surface area contributed by atoms with Crippen molar-refractivity contribution in [2.75, 3.05) is 5.32 Å². The molecule has 0 aliphatic carbocycles. The number of rotatable bonds is 5. The molecule has 1 heterocycles. The maximum Gasteiger partial charge on any atom is 0.407 e. The first-order chi connectivity index (χ1) is 18.2. The van der Waals surface area contributed by atoms with E-state index in [-0.39, 0.29) is 18.7 Å². The summed E-state index contributed by atoms with van der Waals surface area (Å²) in [5.74, 6) is 6.54. The van der Waals surface area contributed by atoms with Gasteiger partial charge in [0, 0.05) is 22.7 Å². The lowest BCUT2D eigenvalue weighted by atomic mass is 9.87. The van der Waals surface area contributed by atoms with Gasteiger partial charge < -0.3 is 15.4 Å². The number of halogens is 1. The third-order valence-corrected chi connectivity index (χ3v) is 6.62. The number of carbonyl (C=O) groups is 1. The van der Waals surface area contributed by atoms with Crippen molar-refractivity contribution in [2.45, 2.75) is 31.5 Å². The minimum Gasteiger partial charge on any atom is -0.445 e. The van der Waals surface area contributed by atoms with Gasteiger partial charge in [0.15, 0.2) is 0 Å². The van der Waals surface area contributed by atoms with Crippen LogP contribution in [0, 0.1) is 11.8 Å². The summed E-state index contributed by atoms with van der Waals surface area (Å²) in [6.45, 7) is 0.220. The van der Waals surface area contributed by atoms with Crippen molar-refractivity contribution in [1.82, 2.24) is 5.32 Å². The molecule has 0 radical (unpaired) electrons. The number of alkyl carbamates (subject to hydrolysis) is 1. The fraction of sp³-hybridized carbons (Fsp3) is 0.156. The molecule has 1 aliphatic heterocycles. The van der Waals surface area contributed by atoms with Crippen LogP contribution in [0.1, 0.15) is 46.3 Å². The predicted molar refractivity (Wildman–Crippen MR) is 148 cm³/mol. The van der Waals surface area contributed by atoms with Gasteiger partial charge in [0.05, 0.1) is 12.1 Å². The van der Waals surface area contributed by atoms with Crippen molar-refractivity contribution >= 4 is 23.4 Å². The number of anilines is 1. The number of hydrogen-bond acceptors (Lipinski definition) is 3. The lowest BCUT2D eigenvalue weighted by molar-refractivity contribution is 0.134. The van der Waals surface area contributed by atoms with Crippen LogP contribution < -0.4 is 10.6 Å². The smallest absolute Gasteiger partial charge is 0.407 e. The number of para-hydroxylation sites is 1. The van der Waals surface area contributed by atoms with E-state index in [1.807, 2.05) is 91.0 Å². The van der Waals surface area contributed by atoms with Crippen LogP contribution in [-0.2, 0) is 17.8 Å². The van der Waals surface area contributed by atoms with Crippen LogP contribution in [0.15, 0.2) is 103 Å². The molecule has 0 saturated carbocycles. The molecule has 5 rings (SSSR count). The monoisotopic (exact) mass is 506 g/mol. The van der Waals surface area contributed by atoms with Gasteiger partial charge in [-0.3, -0.25) is 0 Å². The van der Waals surface area contributed by atoms with E-state index in [1.54, 1.807) is 0 Å². The normalized spacial score (nSPS) is 15.9. The molecule has 0 spiro atoms. The van der Waals surface area contributed by atoms with Crippen LogP contribution in [0.4, 0.5) is 10.5 Å². The largest absolute Gasteiger partial charge is 0.445 e. The average molecular weight is 507 g/mol.